The summed E-state index contributed by atoms with van der Waals surface area (Å²) in [5, 5.41) is 43.6. The van der Waals surface area contributed by atoms with Crippen LogP contribution in [0.2, 0.25) is 0 Å². The summed E-state index contributed by atoms with van der Waals surface area (Å²) in [5.74, 6) is 1.17. The predicted octanol–water partition coefficient (Wildman–Crippen LogP) is 5.08. The fraction of sp³-hybridized carbons (Fsp3) is 0.933. The smallest absolute Gasteiger partial charge is 0.0863 e. The molecule has 0 heterocycles. The lowest BCUT2D eigenvalue weighted by atomic mass is 9.33. The van der Waals surface area contributed by atoms with E-state index in [0.717, 1.165) is 51.4 Å². The number of hydrogen-bond donors (Lipinski definition) is 4. The van der Waals surface area contributed by atoms with Gasteiger partial charge in [-0.3, -0.25) is 0 Å². The molecule has 4 heteroatoms. The molecule has 5 aliphatic rings. The van der Waals surface area contributed by atoms with Crippen LogP contribution in [-0.2, 0) is 0 Å². The molecule has 0 amide bonds. The number of allylic oxidation sites excluding steroid dienone is 2. The molecule has 0 aliphatic heterocycles. The van der Waals surface area contributed by atoms with Crippen molar-refractivity contribution in [2.45, 2.75) is 118 Å². The van der Waals surface area contributed by atoms with E-state index in [1.807, 2.05) is 0 Å². The van der Waals surface area contributed by atoms with Crippen LogP contribution < -0.4 is 0 Å². The second kappa shape index (κ2) is 7.33. The van der Waals surface area contributed by atoms with Crippen LogP contribution in [0, 0.1) is 50.2 Å². The highest BCUT2D eigenvalue weighted by atomic mass is 16.3. The van der Waals surface area contributed by atoms with Gasteiger partial charge in [0.1, 0.15) is 0 Å². The van der Waals surface area contributed by atoms with Crippen molar-refractivity contribution in [3.05, 3.63) is 11.6 Å². The average Bonchev–Trinajstić information content (AvgIpc) is 2.77. The Morgan fingerprint density at radius 3 is 2.12 bits per heavy atom. The van der Waals surface area contributed by atoms with Crippen LogP contribution in [0.1, 0.15) is 99.8 Å². The van der Waals surface area contributed by atoms with Gasteiger partial charge in [-0.1, -0.05) is 60.1 Å². The number of aliphatic hydroxyl groups is 4. The monoisotopic (exact) mass is 474 g/mol. The van der Waals surface area contributed by atoms with Crippen molar-refractivity contribution in [2.75, 3.05) is 6.61 Å². The van der Waals surface area contributed by atoms with E-state index in [2.05, 4.69) is 54.5 Å². The number of fused-ring (bicyclic) bond motifs is 7. The largest absolute Gasteiger partial charge is 0.396 e. The summed E-state index contributed by atoms with van der Waals surface area (Å²) in [6.45, 7) is 16.2. The fourth-order valence-corrected chi connectivity index (χ4v) is 10.7. The molecular formula is C30H50O4. The van der Waals surface area contributed by atoms with Crippen molar-refractivity contribution < 1.29 is 20.4 Å². The lowest BCUT2D eigenvalue weighted by Crippen LogP contribution is -2.67. The molecule has 4 fully saturated rings. The summed E-state index contributed by atoms with van der Waals surface area (Å²) >= 11 is 0. The van der Waals surface area contributed by atoms with E-state index in [4.69, 9.17) is 0 Å². The van der Waals surface area contributed by atoms with Crippen LogP contribution in [0.25, 0.3) is 0 Å². The summed E-state index contributed by atoms with van der Waals surface area (Å²) in [4.78, 5) is 0. The minimum Gasteiger partial charge on any atom is -0.396 e. The van der Waals surface area contributed by atoms with Gasteiger partial charge in [0.2, 0.25) is 0 Å². The molecule has 4 nitrogen and oxygen atoms in total. The van der Waals surface area contributed by atoms with Gasteiger partial charge in [0.25, 0.3) is 0 Å². The molecule has 6 unspecified atom stereocenters. The molecule has 0 aromatic rings. The summed E-state index contributed by atoms with van der Waals surface area (Å²) < 4.78 is 0. The van der Waals surface area contributed by atoms with Crippen LogP contribution >= 0.6 is 0 Å². The topological polar surface area (TPSA) is 80.9 Å². The molecule has 4 N–H and O–H groups in total. The number of aliphatic hydroxyl groups excluding tert-OH is 4. The molecule has 4 saturated carbocycles. The molecule has 34 heavy (non-hydrogen) atoms. The average molecular weight is 475 g/mol. The summed E-state index contributed by atoms with van der Waals surface area (Å²) in [5.41, 5.74) is 0.920. The van der Waals surface area contributed by atoms with Crippen molar-refractivity contribution in [1.29, 1.82) is 0 Å². The number of rotatable bonds is 1. The van der Waals surface area contributed by atoms with E-state index in [9.17, 15) is 20.4 Å². The van der Waals surface area contributed by atoms with E-state index in [1.165, 1.54) is 0 Å². The van der Waals surface area contributed by atoms with Gasteiger partial charge in [-0.15, -0.1) is 0 Å². The van der Waals surface area contributed by atoms with Crippen LogP contribution in [-0.4, -0.2) is 45.3 Å². The maximum Gasteiger partial charge on any atom is 0.0863 e. The molecule has 11 atom stereocenters. The van der Waals surface area contributed by atoms with E-state index < -0.39 is 23.7 Å². The molecule has 0 radical (unpaired) electrons. The van der Waals surface area contributed by atoms with Gasteiger partial charge in [0.15, 0.2) is 0 Å². The third kappa shape index (κ3) is 2.81. The Bertz CT molecular complexity index is 881. The maximum atomic E-state index is 11.3. The van der Waals surface area contributed by atoms with Crippen molar-refractivity contribution in [3.8, 4) is 0 Å². The minimum atomic E-state index is -0.685. The Balaban J connectivity index is 1.58. The molecule has 0 spiro atoms. The highest BCUT2D eigenvalue weighted by molar-refractivity contribution is 5.34. The third-order valence-corrected chi connectivity index (χ3v) is 13.5. The van der Waals surface area contributed by atoms with E-state index in [1.54, 1.807) is 5.57 Å². The second-order valence-electron chi connectivity index (χ2n) is 15.2. The zero-order valence-corrected chi connectivity index (χ0v) is 22.7. The Kier molecular flexibility index (Phi) is 5.44. The zero-order valence-electron chi connectivity index (χ0n) is 22.7. The number of hydrogen-bond acceptors (Lipinski definition) is 4. The van der Waals surface area contributed by atoms with E-state index in [0.29, 0.717) is 17.8 Å². The molecule has 0 aromatic heterocycles. The third-order valence-electron chi connectivity index (χ3n) is 13.5. The summed E-state index contributed by atoms with van der Waals surface area (Å²) in [7, 11) is 0. The van der Waals surface area contributed by atoms with Crippen LogP contribution in [0.3, 0.4) is 0 Å². The quantitative estimate of drug-likeness (QED) is 0.399. The molecule has 0 aromatic carbocycles. The fourth-order valence-electron chi connectivity index (χ4n) is 10.7. The van der Waals surface area contributed by atoms with Gasteiger partial charge in [0, 0.05) is 10.8 Å². The first-order valence-corrected chi connectivity index (χ1v) is 14.0. The SMILES string of the molecule is CC1(C)CC2C3=CCC4[C@@]5(C)CCC(O)[C@](C)(CO)C5CC[C@@]4(C)[C@]3(C)CC[C@@]2(C)C(O)C1O. The zero-order chi connectivity index (χ0) is 25.1. The van der Waals surface area contributed by atoms with Gasteiger partial charge >= 0.3 is 0 Å². The Hall–Kier alpha value is -0.420. The summed E-state index contributed by atoms with van der Waals surface area (Å²) in [6.07, 6.45) is 8.79. The lowest BCUT2D eigenvalue weighted by molar-refractivity contribution is -0.225. The molecular weight excluding hydrogens is 424 g/mol. The van der Waals surface area contributed by atoms with Gasteiger partial charge < -0.3 is 20.4 Å². The van der Waals surface area contributed by atoms with E-state index >= 15 is 0 Å². The first kappa shape index (κ1) is 25.2. The van der Waals surface area contributed by atoms with Gasteiger partial charge in [-0.2, -0.15) is 0 Å². The van der Waals surface area contributed by atoms with Crippen LogP contribution in [0.15, 0.2) is 11.6 Å². The van der Waals surface area contributed by atoms with Gasteiger partial charge in [-0.25, -0.2) is 0 Å². The first-order valence-electron chi connectivity index (χ1n) is 14.0. The highest BCUT2D eigenvalue weighted by Crippen LogP contribution is 2.75. The molecule has 0 saturated heterocycles. The predicted molar refractivity (Wildman–Crippen MR) is 135 cm³/mol. The molecule has 5 aliphatic carbocycles. The van der Waals surface area contributed by atoms with Crippen molar-refractivity contribution >= 4 is 0 Å². The summed E-state index contributed by atoms with van der Waals surface area (Å²) in [6, 6.07) is 0. The normalized spacial score (nSPS) is 58.6. The standard InChI is InChI=1S/C30H50O4/c1-25(2)16-19-18-8-9-21-27(4)12-11-22(32)28(5,17-31)20(27)10-13-30(21,7)29(18,6)15-14-26(19,3)24(34)23(25)33/h8,19-24,31-34H,9-17H2,1-7H3/t19?,20?,21?,22?,23?,24?,26-,27+,28-,29-,30-/m1/s1. The minimum absolute atomic E-state index is 0.0614. The molecule has 0 bridgehead atoms. The van der Waals surface area contributed by atoms with Crippen molar-refractivity contribution in [3.63, 3.8) is 0 Å². The molecule has 194 valence electrons. The van der Waals surface area contributed by atoms with Crippen molar-refractivity contribution in [2.24, 2.45) is 50.2 Å². The lowest BCUT2D eigenvalue weighted by Gasteiger charge is -2.72. The molecule has 5 rings (SSSR count). The van der Waals surface area contributed by atoms with Crippen LogP contribution in [0.4, 0.5) is 0 Å². The van der Waals surface area contributed by atoms with E-state index in [-0.39, 0.29) is 33.7 Å². The Morgan fingerprint density at radius 1 is 0.794 bits per heavy atom. The van der Waals surface area contributed by atoms with Crippen LogP contribution in [0.5, 0.6) is 0 Å². The second-order valence-corrected chi connectivity index (χ2v) is 15.2. The van der Waals surface area contributed by atoms with Gasteiger partial charge in [-0.05, 0) is 90.8 Å². The maximum absolute atomic E-state index is 11.3. The highest BCUT2D eigenvalue weighted by Gasteiger charge is 2.69. The Morgan fingerprint density at radius 2 is 1.47 bits per heavy atom. The first-order chi connectivity index (χ1) is 15.6. The Labute approximate surface area is 207 Å². The van der Waals surface area contributed by atoms with Gasteiger partial charge in [0.05, 0.1) is 24.9 Å². The van der Waals surface area contributed by atoms with Crippen molar-refractivity contribution in [1.82, 2.24) is 0 Å².